The molecule has 0 bridgehead atoms. The number of ether oxygens (including phenoxy) is 1. The molecule has 2 rings (SSSR count). The van der Waals surface area contributed by atoms with Gasteiger partial charge in [0, 0.05) is 13.0 Å². The minimum Gasteiger partial charge on any atom is -0.508 e. The van der Waals surface area contributed by atoms with E-state index in [1.165, 1.54) is 12.1 Å². The molecule has 6 heteroatoms. The van der Waals surface area contributed by atoms with Crippen LogP contribution in [0, 0.1) is 0 Å². The molecule has 3 N–H and O–H groups in total. The summed E-state index contributed by atoms with van der Waals surface area (Å²) in [4.78, 5) is 23.1. The van der Waals surface area contributed by atoms with E-state index >= 15 is 0 Å². The number of hydrogen-bond acceptors (Lipinski definition) is 4. The Hall–Kier alpha value is -2.08. The van der Waals surface area contributed by atoms with Crippen molar-refractivity contribution in [1.82, 2.24) is 5.32 Å². The van der Waals surface area contributed by atoms with Gasteiger partial charge in [-0.3, -0.25) is 4.79 Å². The summed E-state index contributed by atoms with van der Waals surface area (Å²) in [5, 5.41) is 20.9. The zero-order valence-electron chi connectivity index (χ0n) is 10.9. The number of hydrogen-bond donors (Lipinski definition) is 3. The van der Waals surface area contributed by atoms with Crippen LogP contribution in [0.4, 0.5) is 0 Å². The van der Waals surface area contributed by atoms with Crippen LogP contribution in [0.25, 0.3) is 0 Å². The number of carboxylic acids is 1. The zero-order valence-corrected chi connectivity index (χ0v) is 10.9. The fourth-order valence-corrected chi connectivity index (χ4v) is 2.12. The summed E-state index contributed by atoms with van der Waals surface area (Å²) in [7, 11) is 0. The van der Waals surface area contributed by atoms with Crippen molar-refractivity contribution >= 4 is 11.9 Å². The van der Waals surface area contributed by atoms with Crippen LogP contribution in [0.5, 0.6) is 5.75 Å². The van der Waals surface area contributed by atoms with Crippen molar-refractivity contribution in [2.45, 2.75) is 31.4 Å². The first-order valence-electron chi connectivity index (χ1n) is 6.49. The SMILES string of the molecule is O=C(O)[C@H](Cc1ccc(O)cc1)NC(=O)[C@@H]1CCCO1. The maximum absolute atomic E-state index is 11.9. The van der Waals surface area contributed by atoms with Gasteiger partial charge in [0.05, 0.1) is 0 Å². The van der Waals surface area contributed by atoms with Crippen molar-refractivity contribution in [3.05, 3.63) is 29.8 Å². The Bertz CT molecular complexity index is 479. The van der Waals surface area contributed by atoms with Crippen molar-refractivity contribution in [3.8, 4) is 5.75 Å². The van der Waals surface area contributed by atoms with Crippen molar-refractivity contribution < 1.29 is 24.5 Å². The average molecular weight is 279 g/mol. The van der Waals surface area contributed by atoms with E-state index in [9.17, 15) is 19.8 Å². The smallest absolute Gasteiger partial charge is 0.326 e. The Morgan fingerprint density at radius 2 is 2.05 bits per heavy atom. The topological polar surface area (TPSA) is 95.9 Å². The van der Waals surface area contributed by atoms with Crippen LogP contribution in [0.15, 0.2) is 24.3 Å². The van der Waals surface area contributed by atoms with Crippen molar-refractivity contribution in [1.29, 1.82) is 0 Å². The molecule has 1 fully saturated rings. The number of amides is 1. The van der Waals surface area contributed by atoms with Gasteiger partial charge in [0.25, 0.3) is 0 Å². The maximum atomic E-state index is 11.9. The van der Waals surface area contributed by atoms with Crippen molar-refractivity contribution in [3.63, 3.8) is 0 Å². The second-order valence-corrected chi connectivity index (χ2v) is 4.77. The number of carbonyl (C=O) groups is 2. The highest BCUT2D eigenvalue weighted by Crippen LogP contribution is 2.14. The molecule has 1 aromatic carbocycles. The molecule has 0 aliphatic carbocycles. The van der Waals surface area contributed by atoms with Crippen molar-refractivity contribution in [2.75, 3.05) is 6.61 Å². The number of benzene rings is 1. The predicted octanol–water partition coefficient (Wildman–Crippen LogP) is 0.683. The summed E-state index contributed by atoms with van der Waals surface area (Å²) in [6.07, 6.45) is 1.05. The average Bonchev–Trinajstić information content (AvgIpc) is 2.94. The first-order chi connectivity index (χ1) is 9.56. The molecule has 1 aliphatic rings. The minimum absolute atomic E-state index is 0.115. The van der Waals surface area contributed by atoms with Gasteiger partial charge in [-0.2, -0.15) is 0 Å². The lowest BCUT2D eigenvalue weighted by atomic mass is 10.1. The molecule has 1 aliphatic heterocycles. The molecule has 2 atom stereocenters. The Morgan fingerprint density at radius 3 is 2.60 bits per heavy atom. The molecule has 0 saturated carbocycles. The number of aromatic hydroxyl groups is 1. The molecular formula is C14H17NO5. The van der Waals surface area contributed by atoms with E-state index in [0.717, 1.165) is 12.0 Å². The van der Waals surface area contributed by atoms with Gasteiger partial charge in [-0.25, -0.2) is 4.79 Å². The lowest BCUT2D eigenvalue weighted by molar-refractivity contribution is -0.143. The maximum Gasteiger partial charge on any atom is 0.326 e. The Kier molecular flexibility index (Phi) is 4.57. The highest BCUT2D eigenvalue weighted by atomic mass is 16.5. The van der Waals surface area contributed by atoms with E-state index in [0.29, 0.717) is 13.0 Å². The number of rotatable bonds is 5. The minimum atomic E-state index is -1.09. The van der Waals surface area contributed by atoms with Crippen LogP contribution in [-0.2, 0) is 20.7 Å². The Labute approximate surface area is 116 Å². The van der Waals surface area contributed by atoms with Crippen LogP contribution >= 0.6 is 0 Å². The van der Waals surface area contributed by atoms with E-state index in [2.05, 4.69) is 5.32 Å². The largest absolute Gasteiger partial charge is 0.508 e. The van der Waals surface area contributed by atoms with Crippen molar-refractivity contribution in [2.24, 2.45) is 0 Å². The molecule has 6 nitrogen and oxygen atoms in total. The Balaban J connectivity index is 1.98. The Morgan fingerprint density at radius 1 is 1.35 bits per heavy atom. The number of carboxylic acid groups (broad SMARTS) is 1. The second-order valence-electron chi connectivity index (χ2n) is 4.77. The normalized spacial score (nSPS) is 19.5. The fraction of sp³-hybridized carbons (Fsp3) is 0.429. The van der Waals surface area contributed by atoms with Crippen LogP contribution in [0.2, 0.25) is 0 Å². The quantitative estimate of drug-likeness (QED) is 0.736. The van der Waals surface area contributed by atoms with Crippen LogP contribution < -0.4 is 5.32 Å². The first-order valence-corrected chi connectivity index (χ1v) is 6.49. The molecule has 1 heterocycles. The molecule has 1 saturated heterocycles. The third-order valence-electron chi connectivity index (χ3n) is 3.21. The van der Waals surface area contributed by atoms with Gasteiger partial charge in [-0.1, -0.05) is 12.1 Å². The highest BCUT2D eigenvalue weighted by Gasteiger charge is 2.28. The van der Waals surface area contributed by atoms with E-state index in [1.54, 1.807) is 12.1 Å². The standard InChI is InChI=1S/C14H17NO5/c16-10-5-3-9(4-6-10)8-11(14(18)19)15-13(17)12-2-1-7-20-12/h3-6,11-12,16H,1-2,7-8H2,(H,15,17)(H,18,19)/t11-,12-/m0/s1. The molecular weight excluding hydrogens is 262 g/mol. The zero-order chi connectivity index (χ0) is 14.5. The van der Waals surface area contributed by atoms with E-state index in [4.69, 9.17) is 4.74 Å². The summed E-state index contributed by atoms with van der Waals surface area (Å²) in [5.41, 5.74) is 0.725. The molecule has 0 unspecified atom stereocenters. The number of carbonyl (C=O) groups excluding carboxylic acids is 1. The molecule has 1 amide bonds. The van der Waals surface area contributed by atoms with E-state index < -0.39 is 18.1 Å². The summed E-state index contributed by atoms with van der Waals surface area (Å²) < 4.78 is 5.22. The van der Waals surface area contributed by atoms with Gasteiger partial charge < -0.3 is 20.3 Å². The second kappa shape index (κ2) is 6.38. The van der Waals surface area contributed by atoms with Crippen LogP contribution in [0.1, 0.15) is 18.4 Å². The van der Waals surface area contributed by atoms with Gasteiger partial charge in [-0.05, 0) is 30.5 Å². The molecule has 20 heavy (non-hydrogen) atoms. The molecule has 0 spiro atoms. The lowest BCUT2D eigenvalue weighted by Gasteiger charge is -2.17. The molecule has 0 aromatic heterocycles. The van der Waals surface area contributed by atoms with Crippen LogP contribution in [-0.4, -0.2) is 40.8 Å². The van der Waals surface area contributed by atoms with Crippen LogP contribution in [0.3, 0.4) is 0 Å². The number of nitrogens with one attached hydrogen (secondary N) is 1. The van der Waals surface area contributed by atoms with Gasteiger partial charge in [0.15, 0.2) is 0 Å². The molecule has 0 radical (unpaired) electrons. The molecule has 108 valence electrons. The fourth-order valence-electron chi connectivity index (χ4n) is 2.12. The van der Waals surface area contributed by atoms with Gasteiger partial charge in [0.1, 0.15) is 17.9 Å². The number of phenols is 1. The monoisotopic (exact) mass is 279 g/mol. The summed E-state index contributed by atoms with van der Waals surface area (Å²) in [6.45, 7) is 0.536. The van der Waals surface area contributed by atoms with Gasteiger partial charge >= 0.3 is 5.97 Å². The summed E-state index contributed by atoms with van der Waals surface area (Å²) >= 11 is 0. The summed E-state index contributed by atoms with van der Waals surface area (Å²) in [6, 6.07) is 5.22. The summed E-state index contributed by atoms with van der Waals surface area (Å²) in [5.74, 6) is -1.36. The first kappa shape index (κ1) is 14.3. The van der Waals surface area contributed by atoms with Gasteiger partial charge in [0.2, 0.25) is 5.91 Å². The van der Waals surface area contributed by atoms with E-state index in [1.807, 2.05) is 0 Å². The van der Waals surface area contributed by atoms with E-state index in [-0.39, 0.29) is 18.1 Å². The number of phenolic OH excluding ortho intramolecular Hbond substituents is 1. The lowest BCUT2D eigenvalue weighted by Crippen LogP contribution is -2.46. The highest BCUT2D eigenvalue weighted by molar-refractivity contribution is 5.86. The molecule has 1 aromatic rings. The van der Waals surface area contributed by atoms with Gasteiger partial charge in [-0.15, -0.1) is 0 Å². The third-order valence-corrected chi connectivity index (χ3v) is 3.21. The predicted molar refractivity (Wildman–Crippen MR) is 70.4 cm³/mol. The third kappa shape index (κ3) is 3.71. The number of aliphatic carboxylic acids is 1.